The molecule has 0 aliphatic rings. The van der Waals surface area contributed by atoms with Gasteiger partial charge in [-0.2, -0.15) is 0 Å². The summed E-state index contributed by atoms with van der Waals surface area (Å²) >= 11 is 0. The summed E-state index contributed by atoms with van der Waals surface area (Å²) in [5, 5.41) is 3.44. The molecule has 0 spiro atoms. The SMILES string of the molecule is CCOc1ccccc1OC(CC)CNCC(C)C. The summed E-state index contributed by atoms with van der Waals surface area (Å²) in [7, 11) is 0. The maximum Gasteiger partial charge on any atom is 0.161 e. The minimum absolute atomic E-state index is 0.181. The van der Waals surface area contributed by atoms with Gasteiger partial charge in [0.15, 0.2) is 11.5 Å². The predicted molar refractivity (Wildman–Crippen MR) is 80.0 cm³/mol. The summed E-state index contributed by atoms with van der Waals surface area (Å²) in [6.07, 6.45) is 1.16. The number of para-hydroxylation sites is 2. The lowest BCUT2D eigenvalue weighted by Crippen LogP contribution is -2.33. The molecule has 1 unspecified atom stereocenters. The first kappa shape index (κ1) is 15.8. The van der Waals surface area contributed by atoms with Crippen LogP contribution in [0.15, 0.2) is 24.3 Å². The largest absolute Gasteiger partial charge is 0.490 e. The van der Waals surface area contributed by atoms with Crippen molar-refractivity contribution in [1.82, 2.24) is 5.32 Å². The Morgan fingerprint density at radius 3 is 2.32 bits per heavy atom. The van der Waals surface area contributed by atoms with Crippen molar-refractivity contribution in [3.05, 3.63) is 24.3 Å². The van der Waals surface area contributed by atoms with E-state index in [1.54, 1.807) is 0 Å². The highest BCUT2D eigenvalue weighted by atomic mass is 16.5. The second-order valence-corrected chi connectivity index (χ2v) is 5.08. The van der Waals surface area contributed by atoms with Gasteiger partial charge in [0.1, 0.15) is 6.10 Å². The van der Waals surface area contributed by atoms with Crippen molar-refractivity contribution in [3.63, 3.8) is 0 Å². The van der Waals surface area contributed by atoms with E-state index in [1.807, 2.05) is 31.2 Å². The Kier molecular flexibility index (Phi) is 7.34. The summed E-state index contributed by atoms with van der Waals surface area (Å²) in [4.78, 5) is 0. The van der Waals surface area contributed by atoms with E-state index in [9.17, 15) is 0 Å². The van der Waals surface area contributed by atoms with Crippen LogP contribution in [0, 0.1) is 5.92 Å². The second kappa shape index (κ2) is 8.81. The number of nitrogens with one attached hydrogen (secondary N) is 1. The van der Waals surface area contributed by atoms with Gasteiger partial charge in [-0.3, -0.25) is 0 Å². The summed E-state index contributed by atoms with van der Waals surface area (Å²) in [5.74, 6) is 2.32. The van der Waals surface area contributed by atoms with Gasteiger partial charge in [-0.05, 0) is 37.9 Å². The first-order valence-corrected chi connectivity index (χ1v) is 7.26. The molecule has 1 aromatic carbocycles. The van der Waals surface area contributed by atoms with Gasteiger partial charge in [0, 0.05) is 6.54 Å². The number of hydrogen-bond donors (Lipinski definition) is 1. The van der Waals surface area contributed by atoms with Gasteiger partial charge >= 0.3 is 0 Å². The summed E-state index contributed by atoms with van der Waals surface area (Å²) < 4.78 is 11.6. The van der Waals surface area contributed by atoms with E-state index >= 15 is 0 Å². The standard InChI is InChI=1S/C16H27NO2/c1-5-14(12-17-11-13(3)4)19-16-10-8-7-9-15(16)18-6-2/h7-10,13-14,17H,5-6,11-12H2,1-4H3. The van der Waals surface area contributed by atoms with Crippen molar-refractivity contribution in [2.75, 3.05) is 19.7 Å². The maximum atomic E-state index is 6.04. The van der Waals surface area contributed by atoms with Crippen LogP contribution >= 0.6 is 0 Å². The zero-order valence-corrected chi connectivity index (χ0v) is 12.6. The highest BCUT2D eigenvalue weighted by molar-refractivity contribution is 5.39. The molecular formula is C16H27NO2. The van der Waals surface area contributed by atoms with E-state index in [1.165, 1.54) is 0 Å². The van der Waals surface area contributed by atoms with Gasteiger partial charge in [-0.25, -0.2) is 0 Å². The first-order valence-electron chi connectivity index (χ1n) is 7.26. The Hall–Kier alpha value is -1.22. The van der Waals surface area contributed by atoms with Gasteiger partial charge < -0.3 is 14.8 Å². The lowest BCUT2D eigenvalue weighted by molar-refractivity contribution is 0.181. The van der Waals surface area contributed by atoms with E-state index in [0.717, 1.165) is 31.0 Å². The lowest BCUT2D eigenvalue weighted by atomic mass is 10.2. The molecule has 1 aromatic rings. The molecule has 0 aromatic heterocycles. The Balaban J connectivity index is 2.54. The fourth-order valence-corrected chi connectivity index (χ4v) is 1.80. The van der Waals surface area contributed by atoms with Gasteiger partial charge in [-0.15, -0.1) is 0 Å². The van der Waals surface area contributed by atoms with Crippen LogP contribution in [0.1, 0.15) is 34.1 Å². The first-order chi connectivity index (χ1) is 9.17. The Morgan fingerprint density at radius 2 is 1.74 bits per heavy atom. The lowest BCUT2D eigenvalue weighted by Gasteiger charge is -2.20. The van der Waals surface area contributed by atoms with Crippen LogP contribution in [0.25, 0.3) is 0 Å². The molecule has 108 valence electrons. The van der Waals surface area contributed by atoms with Crippen LogP contribution in [-0.4, -0.2) is 25.8 Å². The van der Waals surface area contributed by atoms with Gasteiger partial charge in [-0.1, -0.05) is 32.9 Å². The number of rotatable bonds is 9. The van der Waals surface area contributed by atoms with Crippen LogP contribution in [0.3, 0.4) is 0 Å². The minimum atomic E-state index is 0.181. The van der Waals surface area contributed by atoms with Crippen molar-refractivity contribution >= 4 is 0 Å². The molecule has 0 saturated heterocycles. The fourth-order valence-electron chi connectivity index (χ4n) is 1.80. The third-order valence-electron chi connectivity index (χ3n) is 2.82. The zero-order valence-electron chi connectivity index (χ0n) is 12.6. The van der Waals surface area contributed by atoms with Gasteiger partial charge in [0.2, 0.25) is 0 Å². The normalized spacial score (nSPS) is 12.5. The van der Waals surface area contributed by atoms with E-state index in [0.29, 0.717) is 12.5 Å². The van der Waals surface area contributed by atoms with E-state index in [2.05, 4.69) is 26.1 Å². The Bertz CT molecular complexity index is 352. The summed E-state index contributed by atoms with van der Waals surface area (Å²) in [6.45, 7) is 11.1. The highest BCUT2D eigenvalue weighted by Crippen LogP contribution is 2.27. The molecule has 0 amide bonds. The molecule has 0 aliphatic carbocycles. The number of hydrogen-bond acceptors (Lipinski definition) is 3. The average molecular weight is 265 g/mol. The van der Waals surface area contributed by atoms with Gasteiger partial charge in [0.05, 0.1) is 6.61 Å². The minimum Gasteiger partial charge on any atom is -0.490 e. The highest BCUT2D eigenvalue weighted by Gasteiger charge is 2.11. The fraction of sp³-hybridized carbons (Fsp3) is 0.625. The molecule has 0 bridgehead atoms. The molecule has 1 N–H and O–H groups in total. The Labute approximate surface area is 117 Å². The molecular weight excluding hydrogens is 238 g/mol. The van der Waals surface area contributed by atoms with Crippen molar-refractivity contribution in [2.45, 2.75) is 40.2 Å². The summed E-state index contributed by atoms with van der Waals surface area (Å²) in [5.41, 5.74) is 0. The van der Waals surface area contributed by atoms with Crippen molar-refractivity contribution in [3.8, 4) is 11.5 Å². The maximum absolute atomic E-state index is 6.04. The van der Waals surface area contributed by atoms with Crippen molar-refractivity contribution in [1.29, 1.82) is 0 Å². The van der Waals surface area contributed by atoms with Crippen LogP contribution in [0.4, 0.5) is 0 Å². The zero-order chi connectivity index (χ0) is 14.1. The quantitative estimate of drug-likeness (QED) is 0.741. The monoisotopic (exact) mass is 265 g/mol. The molecule has 0 heterocycles. The number of benzene rings is 1. The molecule has 3 nitrogen and oxygen atoms in total. The molecule has 1 atom stereocenters. The molecule has 0 saturated carbocycles. The van der Waals surface area contributed by atoms with Crippen molar-refractivity contribution in [2.24, 2.45) is 5.92 Å². The molecule has 3 heteroatoms. The van der Waals surface area contributed by atoms with Gasteiger partial charge in [0.25, 0.3) is 0 Å². The molecule has 0 aliphatic heterocycles. The molecule has 1 rings (SSSR count). The van der Waals surface area contributed by atoms with Crippen LogP contribution < -0.4 is 14.8 Å². The molecule has 0 radical (unpaired) electrons. The third kappa shape index (κ3) is 5.97. The third-order valence-corrected chi connectivity index (χ3v) is 2.82. The van der Waals surface area contributed by atoms with E-state index in [4.69, 9.17) is 9.47 Å². The predicted octanol–water partition coefficient (Wildman–Crippen LogP) is 3.49. The number of ether oxygens (including phenoxy) is 2. The smallest absolute Gasteiger partial charge is 0.161 e. The average Bonchev–Trinajstić information content (AvgIpc) is 2.39. The molecule has 0 fully saturated rings. The molecule has 19 heavy (non-hydrogen) atoms. The van der Waals surface area contributed by atoms with Crippen LogP contribution in [0.5, 0.6) is 11.5 Å². The van der Waals surface area contributed by atoms with E-state index in [-0.39, 0.29) is 6.10 Å². The Morgan fingerprint density at radius 1 is 1.05 bits per heavy atom. The van der Waals surface area contributed by atoms with E-state index < -0.39 is 0 Å². The summed E-state index contributed by atoms with van der Waals surface area (Å²) in [6, 6.07) is 7.87. The van der Waals surface area contributed by atoms with Crippen LogP contribution in [-0.2, 0) is 0 Å². The van der Waals surface area contributed by atoms with Crippen LogP contribution in [0.2, 0.25) is 0 Å². The topological polar surface area (TPSA) is 30.5 Å². The van der Waals surface area contributed by atoms with Crippen molar-refractivity contribution < 1.29 is 9.47 Å². The second-order valence-electron chi connectivity index (χ2n) is 5.08.